The van der Waals surface area contributed by atoms with E-state index < -0.39 is 6.04 Å². The Morgan fingerprint density at radius 3 is 2.68 bits per heavy atom. The predicted octanol–water partition coefficient (Wildman–Crippen LogP) is 4.20. The van der Waals surface area contributed by atoms with Crippen LogP contribution < -0.4 is 20.3 Å². The first-order chi connectivity index (χ1) is 16.5. The molecule has 0 spiro atoms. The smallest absolute Gasteiger partial charge is 0.249 e. The van der Waals surface area contributed by atoms with Gasteiger partial charge in [0.25, 0.3) is 0 Å². The van der Waals surface area contributed by atoms with Gasteiger partial charge in [0, 0.05) is 11.3 Å². The molecular weight excluding hydrogens is 426 g/mol. The number of nitrogens with one attached hydrogen (secondary N) is 2. The van der Waals surface area contributed by atoms with Crippen molar-refractivity contribution in [1.82, 2.24) is 10.6 Å². The second kappa shape index (κ2) is 10.7. The number of ether oxygens (including phenoxy) is 1. The zero-order valence-electron chi connectivity index (χ0n) is 20.1. The average Bonchev–Trinajstić information content (AvgIpc) is 2.99. The fourth-order valence-electron chi connectivity index (χ4n) is 4.42. The summed E-state index contributed by atoms with van der Waals surface area (Å²) in [5.41, 5.74) is 2.97. The number of amides is 2. The van der Waals surface area contributed by atoms with Crippen molar-refractivity contribution in [2.75, 3.05) is 18.6 Å². The molecular formula is C28H33N3O3. The molecule has 1 heterocycles. The molecule has 0 aromatic heterocycles. The van der Waals surface area contributed by atoms with E-state index >= 15 is 0 Å². The summed E-state index contributed by atoms with van der Waals surface area (Å²) in [5.74, 6) is 0.513. The normalized spacial score (nSPS) is 16.6. The van der Waals surface area contributed by atoms with Gasteiger partial charge in [0.1, 0.15) is 11.8 Å². The lowest BCUT2D eigenvalue weighted by Crippen LogP contribution is -2.52. The van der Waals surface area contributed by atoms with Gasteiger partial charge in [-0.2, -0.15) is 0 Å². The van der Waals surface area contributed by atoms with Crippen LogP contribution in [0.4, 0.5) is 5.69 Å². The van der Waals surface area contributed by atoms with Crippen LogP contribution in [0.15, 0.2) is 60.7 Å². The second-order valence-corrected chi connectivity index (χ2v) is 8.78. The quantitative estimate of drug-likeness (QED) is 0.530. The zero-order valence-corrected chi connectivity index (χ0v) is 20.1. The molecule has 0 fully saturated rings. The zero-order chi connectivity index (χ0) is 24.1. The van der Waals surface area contributed by atoms with Crippen molar-refractivity contribution in [3.63, 3.8) is 0 Å². The van der Waals surface area contributed by atoms with Crippen LogP contribution in [0.2, 0.25) is 0 Å². The SMILES string of the molecule is CCCOc1ccc2ccccc2c1CN1C(=O)C(NC(=O)C(C)NC)CCc2ccccc21. The van der Waals surface area contributed by atoms with Crippen LogP contribution in [0.25, 0.3) is 10.8 Å². The molecule has 1 aliphatic heterocycles. The minimum absolute atomic E-state index is 0.101. The highest BCUT2D eigenvalue weighted by atomic mass is 16.5. The number of carbonyl (C=O) groups is 2. The van der Waals surface area contributed by atoms with E-state index in [0.29, 0.717) is 26.0 Å². The maximum absolute atomic E-state index is 13.9. The third-order valence-corrected chi connectivity index (χ3v) is 6.47. The lowest BCUT2D eigenvalue weighted by Gasteiger charge is -2.28. The molecule has 2 atom stereocenters. The number of benzene rings is 3. The molecule has 6 heteroatoms. The highest BCUT2D eigenvalue weighted by Crippen LogP contribution is 2.34. The Hall–Kier alpha value is -3.38. The summed E-state index contributed by atoms with van der Waals surface area (Å²) in [5, 5.41) is 8.09. The summed E-state index contributed by atoms with van der Waals surface area (Å²) < 4.78 is 6.11. The number of likely N-dealkylation sites (N-methyl/N-ethyl adjacent to an activating group) is 1. The van der Waals surface area contributed by atoms with E-state index in [1.807, 2.05) is 41.3 Å². The van der Waals surface area contributed by atoms with E-state index in [-0.39, 0.29) is 17.9 Å². The first-order valence-corrected chi connectivity index (χ1v) is 12.0. The Morgan fingerprint density at radius 1 is 1.12 bits per heavy atom. The Bertz CT molecular complexity index is 1180. The monoisotopic (exact) mass is 459 g/mol. The van der Waals surface area contributed by atoms with E-state index in [0.717, 1.165) is 39.8 Å². The van der Waals surface area contributed by atoms with Crippen LogP contribution in [0.1, 0.15) is 37.8 Å². The molecule has 2 N–H and O–H groups in total. The first-order valence-electron chi connectivity index (χ1n) is 12.0. The van der Waals surface area contributed by atoms with Gasteiger partial charge >= 0.3 is 0 Å². The molecule has 34 heavy (non-hydrogen) atoms. The van der Waals surface area contributed by atoms with Crippen LogP contribution in [-0.4, -0.2) is 37.6 Å². The summed E-state index contributed by atoms with van der Waals surface area (Å²) in [6, 6.07) is 19.3. The summed E-state index contributed by atoms with van der Waals surface area (Å²) in [6.45, 7) is 4.84. The molecule has 2 unspecified atom stereocenters. The van der Waals surface area contributed by atoms with E-state index in [1.165, 1.54) is 0 Å². The van der Waals surface area contributed by atoms with Gasteiger partial charge in [-0.05, 0) is 61.7 Å². The van der Waals surface area contributed by atoms with Gasteiger partial charge < -0.3 is 20.3 Å². The van der Waals surface area contributed by atoms with Crippen molar-refractivity contribution in [1.29, 1.82) is 0 Å². The van der Waals surface area contributed by atoms with Crippen molar-refractivity contribution in [3.05, 3.63) is 71.8 Å². The molecule has 0 saturated carbocycles. The average molecular weight is 460 g/mol. The van der Waals surface area contributed by atoms with Crippen LogP contribution in [0, 0.1) is 0 Å². The van der Waals surface area contributed by atoms with Gasteiger partial charge in [0.15, 0.2) is 0 Å². The highest BCUT2D eigenvalue weighted by Gasteiger charge is 2.33. The number of hydrogen-bond acceptors (Lipinski definition) is 4. The molecule has 6 nitrogen and oxygen atoms in total. The van der Waals surface area contributed by atoms with Gasteiger partial charge in [-0.3, -0.25) is 9.59 Å². The topological polar surface area (TPSA) is 70.7 Å². The largest absolute Gasteiger partial charge is 0.493 e. The number of fused-ring (bicyclic) bond motifs is 2. The Kier molecular flexibility index (Phi) is 7.48. The Balaban J connectivity index is 1.76. The third kappa shape index (κ3) is 4.92. The van der Waals surface area contributed by atoms with E-state index in [4.69, 9.17) is 4.74 Å². The van der Waals surface area contributed by atoms with Crippen molar-refractivity contribution >= 4 is 28.3 Å². The summed E-state index contributed by atoms with van der Waals surface area (Å²) in [7, 11) is 1.74. The van der Waals surface area contributed by atoms with Crippen LogP contribution >= 0.6 is 0 Å². The maximum Gasteiger partial charge on any atom is 0.249 e. The number of hydrogen-bond donors (Lipinski definition) is 2. The summed E-state index contributed by atoms with van der Waals surface area (Å²) in [6.07, 6.45) is 2.17. The van der Waals surface area contributed by atoms with Crippen LogP contribution in [0.5, 0.6) is 5.75 Å². The second-order valence-electron chi connectivity index (χ2n) is 8.78. The predicted molar refractivity (Wildman–Crippen MR) is 136 cm³/mol. The van der Waals surface area contributed by atoms with Gasteiger partial charge in [-0.25, -0.2) is 0 Å². The van der Waals surface area contributed by atoms with E-state index in [9.17, 15) is 9.59 Å². The fraction of sp³-hybridized carbons (Fsp3) is 0.357. The standard InChI is InChI=1S/C28H33N3O3/c1-4-17-34-26-16-14-20-9-5-7-11-22(20)23(26)18-31-25-12-8-6-10-21(25)13-15-24(28(31)33)30-27(32)19(2)29-3/h5-12,14,16,19,24,29H,4,13,15,17-18H2,1-3H3,(H,30,32). The number of rotatable bonds is 8. The van der Waals surface area contributed by atoms with E-state index in [1.54, 1.807) is 14.0 Å². The van der Waals surface area contributed by atoms with Crippen molar-refractivity contribution in [3.8, 4) is 5.75 Å². The van der Waals surface area contributed by atoms with Crippen molar-refractivity contribution in [2.45, 2.75) is 51.7 Å². The molecule has 0 bridgehead atoms. The molecule has 3 aromatic carbocycles. The van der Waals surface area contributed by atoms with Gasteiger partial charge in [-0.15, -0.1) is 0 Å². The van der Waals surface area contributed by atoms with Crippen molar-refractivity contribution in [2.24, 2.45) is 0 Å². The van der Waals surface area contributed by atoms with Gasteiger partial charge in [0.05, 0.1) is 19.2 Å². The van der Waals surface area contributed by atoms with Gasteiger partial charge in [-0.1, -0.05) is 55.5 Å². The van der Waals surface area contributed by atoms with Crippen molar-refractivity contribution < 1.29 is 14.3 Å². The lowest BCUT2D eigenvalue weighted by molar-refractivity contribution is -0.128. The molecule has 1 aliphatic rings. The summed E-state index contributed by atoms with van der Waals surface area (Å²) in [4.78, 5) is 28.3. The molecule has 0 saturated heterocycles. The summed E-state index contributed by atoms with van der Waals surface area (Å²) >= 11 is 0. The minimum Gasteiger partial charge on any atom is -0.493 e. The first kappa shape index (κ1) is 23.8. The van der Waals surface area contributed by atoms with Crippen LogP contribution in [-0.2, 0) is 22.6 Å². The number of aryl methyl sites for hydroxylation is 1. The molecule has 178 valence electrons. The molecule has 3 aromatic rings. The maximum atomic E-state index is 13.9. The lowest BCUT2D eigenvalue weighted by atomic mass is 10.0. The Morgan fingerprint density at radius 2 is 1.88 bits per heavy atom. The number of carbonyl (C=O) groups excluding carboxylic acids is 2. The van der Waals surface area contributed by atoms with Gasteiger partial charge in [0.2, 0.25) is 11.8 Å². The number of anilines is 1. The third-order valence-electron chi connectivity index (χ3n) is 6.47. The molecule has 4 rings (SSSR count). The van der Waals surface area contributed by atoms with E-state index in [2.05, 4.69) is 41.8 Å². The molecule has 0 radical (unpaired) electrons. The fourth-order valence-corrected chi connectivity index (χ4v) is 4.42. The number of para-hydroxylation sites is 1. The molecule has 0 aliphatic carbocycles. The highest BCUT2D eigenvalue weighted by molar-refractivity contribution is 6.01. The Labute approximate surface area is 201 Å². The van der Waals surface area contributed by atoms with Crippen LogP contribution in [0.3, 0.4) is 0 Å². The minimum atomic E-state index is -0.592. The number of nitrogens with zero attached hydrogens (tertiary/aromatic N) is 1. The molecule has 2 amide bonds.